The Morgan fingerprint density at radius 2 is 2.14 bits per heavy atom. The van der Waals surface area contributed by atoms with Gasteiger partial charge in [0.05, 0.1) is 18.5 Å². The molecule has 1 heterocycles. The number of nitrogens with two attached hydrogens (primary N) is 1. The van der Waals surface area contributed by atoms with E-state index < -0.39 is 5.60 Å². The van der Waals surface area contributed by atoms with Crippen molar-refractivity contribution in [1.82, 2.24) is 4.98 Å². The summed E-state index contributed by atoms with van der Waals surface area (Å²) in [6, 6.07) is 3.50. The van der Waals surface area contributed by atoms with Crippen LogP contribution in [-0.2, 0) is 12.1 Å². The molecule has 1 aromatic heterocycles. The quantitative estimate of drug-likeness (QED) is 0.749. The van der Waals surface area contributed by atoms with Crippen molar-refractivity contribution < 1.29 is 9.84 Å². The summed E-state index contributed by atoms with van der Waals surface area (Å²) in [5.74, 6) is 0.653. The molecular weight excluding hydrogens is 180 g/mol. The molecule has 3 N–H and O–H groups in total. The first-order chi connectivity index (χ1) is 6.49. The van der Waals surface area contributed by atoms with Gasteiger partial charge in [-0.1, -0.05) is 0 Å². The van der Waals surface area contributed by atoms with Crippen LogP contribution in [-0.4, -0.2) is 17.2 Å². The van der Waals surface area contributed by atoms with Crippen LogP contribution in [0.3, 0.4) is 0 Å². The molecule has 0 aliphatic heterocycles. The molecule has 0 radical (unpaired) electrons. The van der Waals surface area contributed by atoms with Crippen LogP contribution < -0.4 is 10.5 Å². The summed E-state index contributed by atoms with van der Waals surface area (Å²) >= 11 is 0. The lowest BCUT2D eigenvalue weighted by atomic mass is 10.0. The molecule has 14 heavy (non-hydrogen) atoms. The Bertz CT molecular complexity index is 318. The van der Waals surface area contributed by atoms with Crippen molar-refractivity contribution in [2.45, 2.75) is 26.0 Å². The van der Waals surface area contributed by atoms with Gasteiger partial charge in [-0.05, 0) is 26.0 Å². The number of aliphatic hydroxyl groups is 1. The van der Waals surface area contributed by atoms with Gasteiger partial charge >= 0.3 is 0 Å². The highest BCUT2D eigenvalue weighted by Gasteiger charge is 2.19. The average Bonchev–Trinajstić information content (AvgIpc) is 2.15. The molecule has 78 valence electrons. The second-order valence-corrected chi connectivity index (χ2v) is 3.61. The van der Waals surface area contributed by atoms with Gasteiger partial charge in [-0.2, -0.15) is 0 Å². The summed E-state index contributed by atoms with van der Waals surface area (Å²) in [5, 5.41) is 9.73. The van der Waals surface area contributed by atoms with Gasteiger partial charge in [-0.3, -0.25) is 0 Å². The maximum absolute atomic E-state index is 9.73. The molecule has 0 fully saturated rings. The van der Waals surface area contributed by atoms with Crippen molar-refractivity contribution in [3.05, 3.63) is 23.5 Å². The fourth-order valence-electron chi connectivity index (χ4n) is 1.16. The largest absolute Gasteiger partial charge is 0.495 e. The third-order valence-corrected chi connectivity index (χ3v) is 1.97. The summed E-state index contributed by atoms with van der Waals surface area (Å²) in [6.45, 7) is 3.66. The molecule has 0 atom stereocenters. The third kappa shape index (κ3) is 2.21. The first-order valence-electron chi connectivity index (χ1n) is 4.46. The summed E-state index contributed by atoms with van der Waals surface area (Å²) in [6.07, 6.45) is 0. The Morgan fingerprint density at radius 1 is 1.50 bits per heavy atom. The van der Waals surface area contributed by atoms with E-state index in [-0.39, 0.29) is 0 Å². The van der Waals surface area contributed by atoms with Crippen molar-refractivity contribution in [2.75, 3.05) is 7.11 Å². The van der Waals surface area contributed by atoms with Crippen LogP contribution >= 0.6 is 0 Å². The number of hydrogen-bond acceptors (Lipinski definition) is 4. The molecule has 0 spiro atoms. The fraction of sp³-hybridized carbons (Fsp3) is 0.500. The van der Waals surface area contributed by atoms with E-state index >= 15 is 0 Å². The van der Waals surface area contributed by atoms with E-state index in [1.807, 2.05) is 0 Å². The number of methoxy groups -OCH3 is 1. The van der Waals surface area contributed by atoms with Crippen LogP contribution in [0.2, 0.25) is 0 Å². The SMILES string of the molecule is COc1ccc(C(C)(C)O)nc1CN. The molecule has 0 aromatic carbocycles. The highest BCUT2D eigenvalue weighted by molar-refractivity contribution is 5.30. The highest BCUT2D eigenvalue weighted by Crippen LogP contribution is 2.22. The number of rotatable bonds is 3. The molecule has 0 bridgehead atoms. The zero-order valence-corrected chi connectivity index (χ0v) is 8.74. The maximum Gasteiger partial charge on any atom is 0.141 e. The van der Waals surface area contributed by atoms with Gasteiger partial charge in [0.15, 0.2) is 0 Å². The molecule has 1 rings (SSSR count). The van der Waals surface area contributed by atoms with Crippen LogP contribution in [0.5, 0.6) is 5.75 Å². The number of hydrogen-bond donors (Lipinski definition) is 2. The Morgan fingerprint density at radius 3 is 2.57 bits per heavy atom. The highest BCUT2D eigenvalue weighted by atomic mass is 16.5. The average molecular weight is 196 g/mol. The first kappa shape index (κ1) is 10.9. The molecule has 0 saturated carbocycles. The van der Waals surface area contributed by atoms with E-state index in [2.05, 4.69) is 4.98 Å². The van der Waals surface area contributed by atoms with Crippen molar-refractivity contribution in [1.29, 1.82) is 0 Å². The van der Waals surface area contributed by atoms with Crippen molar-refractivity contribution in [3.63, 3.8) is 0 Å². The van der Waals surface area contributed by atoms with Crippen LogP contribution in [0, 0.1) is 0 Å². The van der Waals surface area contributed by atoms with E-state index in [1.54, 1.807) is 33.1 Å². The maximum atomic E-state index is 9.73. The number of nitrogens with zero attached hydrogens (tertiary/aromatic N) is 1. The van der Waals surface area contributed by atoms with Gasteiger partial charge in [0.2, 0.25) is 0 Å². The lowest BCUT2D eigenvalue weighted by Gasteiger charge is -2.18. The number of pyridine rings is 1. The standard InChI is InChI=1S/C10H16N2O2/c1-10(2,13)9-5-4-8(14-3)7(6-11)12-9/h4-5,13H,6,11H2,1-3H3. The lowest BCUT2D eigenvalue weighted by Crippen LogP contribution is -2.19. The van der Waals surface area contributed by atoms with Crippen LogP contribution in [0.25, 0.3) is 0 Å². The number of aromatic nitrogens is 1. The van der Waals surface area contributed by atoms with E-state index in [0.717, 1.165) is 0 Å². The minimum atomic E-state index is -0.948. The Kier molecular flexibility index (Phi) is 3.08. The molecule has 0 amide bonds. The van der Waals surface area contributed by atoms with Gasteiger partial charge < -0.3 is 15.6 Å². The minimum absolute atomic E-state index is 0.299. The number of ether oxygens (including phenoxy) is 1. The predicted octanol–water partition coefficient (Wildman–Crippen LogP) is 0.776. The summed E-state index contributed by atoms with van der Waals surface area (Å²) in [4.78, 5) is 4.23. The molecular formula is C10H16N2O2. The molecule has 0 saturated heterocycles. The second kappa shape index (κ2) is 3.94. The molecule has 4 nitrogen and oxygen atoms in total. The van der Waals surface area contributed by atoms with E-state index in [9.17, 15) is 5.11 Å². The van der Waals surface area contributed by atoms with Gasteiger partial charge in [-0.15, -0.1) is 0 Å². The van der Waals surface area contributed by atoms with Gasteiger partial charge in [0.25, 0.3) is 0 Å². The van der Waals surface area contributed by atoms with E-state index in [4.69, 9.17) is 10.5 Å². The molecule has 0 unspecified atom stereocenters. The van der Waals surface area contributed by atoms with Gasteiger partial charge in [0, 0.05) is 6.54 Å². The fourth-order valence-corrected chi connectivity index (χ4v) is 1.16. The topological polar surface area (TPSA) is 68.4 Å². The molecule has 0 aliphatic carbocycles. The van der Waals surface area contributed by atoms with Crippen molar-refractivity contribution in [2.24, 2.45) is 5.73 Å². The zero-order valence-electron chi connectivity index (χ0n) is 8.74. The van der Waals surface area contributed by atoms with Crippen molar-refractivity contribution in [3.8, 4) is 5.75 Å². The van der Waals surface area contributed by atoms with Crippen LogP contribution in [0.1, 0.15) is 25.2 Å². The molecule has 1 aromatic rings. The van der Waals surface area contributed by atoms with Crippen LogP contribution in [0.4, 0.5) is 0 Å². The molecule has 4 heteroatoms. The van der Waals surface area contributed by atoms with E-state index in [0.29, 0.717) is 23.7 Å². The Balaban J connectivity index is 3.14. The smallest absolute Gasteiger partial charge is 0.141 e. The summed E-state index contributed by atoms with van der Waals surface area (Å²) in [7, 11) is 1.57. The lowest BCUT2D eigenvalue weighted by molar-refractivity contribution is 0.0735. The summed E-state index contributed by atoms with van der Waals surface area (Å²) in [5.41, 5.74) is 5.82. The Hall–Kier alpha value is -1.13. The Labute approximate surface area is 83.7 Å². The monoisotopic (exact) mass is 196 g/mol. The van der Waals surface area contributed by atoms with Crippen molar-refractivity contribution >= 4 is 0 Å². The normalized spacial score (nSPS) is 11.5. The molecule has 0 aliphatic rings. The van der Waals surface area contributed by atoms with Gasteiger partial charge in [0.1, 0.15) is 11.4 Å². The predicted molar refractivity (Wildman–Crippen MR) is 53.9 cm³/mol. The van der Waals surface area contributed by atoms with Gasteiger partial charge in [-0.25, -0.2) is 4.98 Å². The first-order valence-corrected chi connectivity index (χ1v) is 4.46. The third-order valence-electron chi connectivity index (χ3n) is 1.97. The summed E-state index contributed by atoms with van der Waals surface area (Å²) < 4.78 is 5.08. The minimum Gasteiger partial charge on any atom is -0.495 e. The zero-order chi connectivity index (χ0) is 10.8. The van der Waals surface area contributed by atoms with E-state index in [1.165, 1.54) is 0 Å². The second-order valence-electron chi connectivity index (χ2n) is 3.61. The van der Waals surface area contributed by atoms with Crippen LogP contribution in [0.15, 0.2) is 12.1 Å².